The van der Waals surface area contributed by atoms with Crippen molar-refractivity contribution in [2.24, 2.45) is 0 Å². The Hall–Kier alpha value is -0.930. The van der Waals surface area contributed by atoms with Gasteiger partial charge in [-0.05, 0) is 19.1 Å². The highest BCUT2D eigenvalue weighted by atomic mass is 16.7. The van der Waals surface area contributed by atoms with E-state index < -0.39 is 0 Å². The largest absolute Gasteiger partial charge is 0.346 e. The average Bonchev–Trinajstić information content (AvgIpc) is 2.54. The molecule has 2 heterocycles. The fourth-order valence-electron chi connectivity index (χ4n) is 1.21. The molecule has 0 amide bonds. The molecule has 2 unspecified atom stereocenters. The summed E-state index contributed by atoms with van der Waals surface area (Å²) >= 11 is 0. The number of rotatable bonds is 1. The Kier molecular flexibility index (Phi) is 2.06. The standard InChI is InChI=1S/C9H11NO2/c1-7-6-11-9(12-7)8-2-4-10-5-3-8/h2-5,7,9H,6H2,1H3. The van der Waals surface area contributed by atoms with Crippen molar-refractivity contribution in [1.82, 2.24) is 4.98 Å². The molecule has 0 radical (unpaired) electrons. The van der Waals surface area contributed by atoms with E-state index in [2.05, 4.69) is 4.98 Å². The third-order valence-corrected chi connectivity index (χ3v) is 1.82. The van der Waals surface area contributed by atoms with Crippen LogP contribution >= 0.6 is 0 Å². The van der Waals surface area contributed by atoms with E-state index >= 15 is 0 Å². The summed E-state index contributed by atoms with van der Waals surface area (Å²) in [5.41, 5.74) is 1.04. The molecular formula is C9H11NO2. The maximum absolute atomic E-state index is 5.50. The normalized spacial score (nSPS) is 29.1. The fourth-order valence-corrected chi connectivity index (χ4v) is 1.21. The van der Waals surface area contributed by atoms with Gasteiger partial charge in [-0.15, -0.1) is 0 Å². The molecule has 1 aliphatic heterocycles. The average molecular weight is 165 g/mol. The number of pyridine rings is 1. The summed E-state index contributed by atoms with van der Waals surface area (Å²) in [7, 11) is 0. The summed E-state index contributed by atoms with van der Waals surface area (Å²) in [4.78, 5) is 3.92. The summed E-state index contributed by atoms with van der Waals surface area (Å²) in [6.45, 7) is 2.67. The van der Waals surface area contributed by atoms with Gasteiger partial charge in [0.05, 0.1) is 12.7 Å². The van der Waals surface area contributed by atoms with Crippen molar-refractivity contribution in [3.8, 4) is 0 Å². The Labute approximate surface area is 71.3 Å². The second-order valence-electron chi connectivity index (χ2n) is 2.89. The highest BCUT2D eigenvalue weighted by Gasteiger charge is 2.23. The smallest absolute Gasteiger partial charge is 0.184 e. The fraction of sp³-hybridized carbons (Fsp3) is 0.444. The summed E-state index contributed by atoms with van der Waals surface area (Å²) in [6, 6.07) is 3.81. The van der Waals surface area contributed by atoms with Crippen molar-refractivity contribution in [3.63, 3.8) is 0 Å². The Morgan fingerprint density at radius 3 is 2.75 bits per heavy atom. The van der Waals surface area contributed by atoms with Gasteiger partial charge in [-0.2, -0.15) is 0 Å². The summed E-state index contributed by atoms with van der Waals surface area (Å²) < 4.78 is 10.9. The molecule has 3 heteroatoms. The van der Waals surface area contributed by atoms with Crippen molar-refractivity contribution < 1.29 is 9.47 Å². The van der Waals surface area contributed by atoms with Crippen molar-refractivity contribution in [3.05, 3.63) is 30.1 Å². The van der Waals surface area contributed by atoms with Crippen LogP contribution < -0.4 is 0 Å². The predicted octanol–water partition coefficient (Wildman–Crippen LogP) is 1.52. The molecule has 2 rings (SSSR count). The monoisotopic (exact) mass is 165 g/mol. The Bertz CT molecular complexity index is 250. The Morgan fingerprint density at radius 2 is 2.17 bits per heavy atom. The van der Waals surface area contributed by atoms with Crippen LogP contribution in [0.4, 0.5) is 0 Å². The van der Waals surface area contributed by atoms with Crippen LogP contribution in [-0.2, 0) is 9.47 Å². The van der Waals surface area contributed by atoms with E-state index in [1.807, 2.05) is 19.1 Å². The first-order valence-corrected chi connectivity index (χ1v) is 4.03. The van der Waals surface area contributed by atoms with Crippen LogP contribution in [0, 0.1) is 0 Å². The molecule has 0 bridgehead atoms. The first-order chi connectivity index (χ1) is 5.86. The molecule has 64 valence electrons. The van der Waals surface area contributed by atoms with Gasteiger partial charge in [0.15, 0.2) is 6.29 Å². The Balaban J connectivity index is 2.11. The zero-order valence-electron chi connectivity index (χ0n) is 6.93. The highest BCUT2D eigenvalue weighted by Crippen LogP contribution is 2.25. The van der Waals surface area contributed by atoms with Gasteiger partial charge in [0, 0.05) is 18.0 Å². The number of hydrogen-bond donors (Lipinski definition) is 0. The van der Waals surface area contributed by atoms with Gasteiger partial charge in [0.25, 0.3) is 0 Å². The molecule has 1 saturated heterocycles. The van der Waals surface area contributed by atoms with E-state index in [-0.39, 0.29) is 12.4 Å². The maximum Gasteiger partial charge on any atom is 0.184 e. The van der Waals surface area contributed by atoms with Crippen LogP contribution in [0.1, 0.15) is 18.8 Å². The molecule has 3 nitrogen and oxygen atoms in total. The number of aromatic nitrogens is 1. The molecule has 0 spiro atoms. The molecule has 0 saturated carbocycles. The molecule has 2 atom stereocenters. The number of ether oxygens (including phenoxy) is 2. The van der Waals surface area contributed by atoms with Crippen LogP contribution in [0.3, 0.4) is 0 Å². The second kappa shape index (κ2) is 3.21. The van der Waals surface area contributed by atoms with E-state index in [0.29, 0.717) is 6.61 Å². The number of hydrogen-bond acceptors (Lipinski definition) is 3. The summed E-state index contributed by atoms with van der Waals surface area (Å²) in [5.74, 6) is 0. The molecule has 0 N–H and O–H groups in total. The van der Waals surface area contributed by atoms with Gasteiger partial charge in [-0.3, -0.25) is 4.98 Å². The van der Waals surface area contributed by atoms with Gasteiger partial charge in [-0.1, -0.05) is 0 Å². The quantitative estimate of drug-likeness (QED) is 0.632. The molecule has 0 aliphatic carbocycles. The van der Waals surface area contributed by atoms with Gasteiger partial charge in [0.1, 0.15) is 0 Å². The first kappa shape index (κ1) is 7.71. The van der Waals surface area contributed by atoms with Crippen LogP contribution in [0.25, 0.3) is 0 Å². The van der Waals surface area contributed by atoms with Crippen LogP contribution in [0.2, 0.25) is 0 Å². The van der Waals surface area contributed by atoms with E-state index in [1.54, 1.807) is 12.4 Å². The van der Waals surface area contributed by atoms with E-state index in [1.165, 1.54) is 0 Å². The van der Waals surface area contributed by atoms with E-state index in [9.17, 15) is 0 Å². The van der Waals surface area contributed by atoms with Crippen LogP contribution in [0.15, 0.2) is 24.5 Å². The lowest BCUT2D eigenvalue weighted by Crippen LogP contribution is -2.02. The topological polar surface area (TPSA) is 31.4 Å². The minimum atomic E-state index is -0.192. The molecule has 0 aromatic carbocycles. The zero-order valence-corrected chi connectivity index (χ0v) is 6.93. The first-order valence-electron chi connectivity index (χ1n) is 4.03. The molecule has 1 fully saturated rings. The third kappa shape index (κ3) is 1.47. The molecule has 1 aromatic heterocycles. The molecule has 1 aromatic rings. The predicted molar refractivity (Wildman–Crippen MR) is 43.5 cm³/mol. The van der Waals surface area contributed by atoms with Crippen LogP contribution in [0.5, 0.6) is 0 Å². The van der Waals surface area contributed by atoms with Gasteiger partial charge < -0.3 is 9.47 Å². The van der Waals surface area contributed by atoms with Gasteiger partial charge >= 0.3 is 0 Å². The molecular weight excluding hydrogens is 154 g/mol. The highest BCUT2D eigenvalue weighted by molar-refractivity contribution is 5.11. The lowest BCUT2D eigenvalue weighted by molar-refractivity contribution is -0.0572. The minimum Gasteiger partial charge on any atom is -0.346 e. The SMILES string of the molecule is CC1COC(c2ccncc2)O1. The third-order valence-electron chi connectivity index (χ3n) is 1.82. The lowest BCUT2D eigenvalue weighted by Gasteiger charge is -2.08. The molecule has 1 aliphatic rings. The maximum atomic E-state index is 5.50. The van der Waals surface area contributed by atoms with Crippen molar-refractivity contribution in [1.29, 1.82) is 0 Å². The van der Waals surface area contributed by atoms with Gasteiger partial charge in [-0.25, -0.2) is 0 Å². The van der Waals surface area contributed by atoms with E-state index in [4.69, 9.17) is 9.47 Å². The number of nitrogens with zero attached hydrogens (tertiary/aromatic N) is 1. The van der Waals surface area contributed by atoms with Crippen LogP contribution in [-0.4, -0.2) is 17.7 Å². The van der Waals surface area contributed by atoms with Crippen molar-refractivity contribution in [2.75, 3.05) is 6.61 Å². The lowest BCUT2D eigenvalue weighted by atomic mass is 10.3. The molecule has 12 heavy (non-hydrogen) atoms. The summed E-state index contributed by atoms with van der Waals surface area (Å²) in [6.07, 6.45) is 3.49. The zero-order chi connectivity index (χ0) is 8.39. The Morgan fingerprint density at radius 1 is 1.42 bits per heavy atom. The van der Waals surface area contributed by atoms with Crippen molar-refractivity contribution >= 4 is 0 Å². The second-order valence-corrected chi connectivity index (χ2v) is 2.89. The van der Waals surface area contributed by atoms with Crippen molar-refractivity contribution in [2.45, 2.75) is 19.3 Å². The summed E-state index contributed by atoms with van der Waals surface area (Å²) in [5, 5.41) is 0. The minimum absolute atomic E-state index is 0.192. The van der Waals surface area contributed by atoms with Gasteiger partial charge in [0.2, 0.25) is 0 Å². The van der Waals surface area contributed by atoms with E-state index in [0.717, 1.165) is 5.56 Å².